The Hall–Kier alpha value is -1.94. The predicted molar refractivity (Wildman–Crippen MR) is 67.9 cm³/mol. The van der Waals surface area contributed by atoms with Crippen molar-refractivity contribution < 1.29 is 9.90 Å². The fourth-order valence-corrected chi connectivity index (χ4v) is 1.82. The second-order valence-electron chi connectivity index (χ2n) is 3.81. The number of aryl methyl sites for hydroxylation is 2. The zero-order valence-electron chi connectivity index (χ0n) is 9.51. The Labute approximate surface area is 109 Å². The lowest BCUT2D eigenvalue weighted by Crippen LogP contribution is -2.06. The molecule has 1 heterocycles. The van der Waals surface area contributed by atoms with E-state index in [-0.39, 0.29) is 5.82 Å². The number of hydrogen-bond donors (Lipinski definition) is 1. The molecule has 2 rings (SSSR count). The number of aromatic nitrogens is 2. The summed E-state index contributed by atoms with van der Waals surface area (Å²) in [7, 11) is 0. The van der Waals surface area contributed by atoms with E-state index in [0.717, 1.165) is 12.0 Å². The Morgan fingerprint density at radius 2 is 2.11 bits per heavy atom. The minimum atomic E-state index is -1.11. The van der Waals surface area contributed by atoms with Crippen molar-refractivity contribution in [1.29, 1.82) is 0 Å². The molecule has 2 aromatic rings. The quantitative estimate of drug-likeness (QED) is 0.920. The van der Waals surface area contributed by atoms with Crippen molar-refractivity contribution in [3.63, 3.8) is 0 Å². The normalized spacial score (nSPS) is 10.3. The van der Waals surface area contributed by atoms with Crippen LogP contribution >= 0.6 is 11.6 Å². The molecule has 0 fully saturated rings. The molecule has 0 saturated heterocycles. The van der Waals surface area contributed by atoms with Crippen molar-refractivity contribution >= 4 is 17.6 Å². The second-order valence-corrected chi connectivity index (χ2v) is 4.24. The molecule has 0 aliphatic carbocycles. The number of benzene rings is 1. The monoisotopic (exact) mass is 262 g/mol. The smallest absolute Gasteiger partial charge is 0.373 e. The van der Waals surface area contributed by atoms with Gasteiger partial charge >= 0.3 is 5.97 Å². The maximum atomic E-state index is 10.7. The van der Waals surface area contributed by atoms with E-state index in [9.17, 15) is 4.79 Å². The maximum absolute atomic E-state index is 10.7. The highest BCUT2D eigenvalue weighted by Crippen LogP contribution is 2.12. The van der Waals surface area contributed by atoms with Gasteiger partial charge in [-0.2, -0.15) is 0 Å². The standard InChI is InChI=1S/C13H11ClN2O2/c14-10-3-1-2-9(8-10)4-5-11-6-7-15-12(16-11)13(17)18/h1-3,6-8H,4-5H2,(H,17,18). The van der Waals surface area contributed by atoms with E-state index in [2.05, 4.69) is 9.97 Å². The van der Waals surface area contributed by atoms with E-state index < -0.39 is 5.97 Å². The number of carboxylic acids is 1. The van der Waals surface area contributed by atoms with Gasteiger partial charge in [-0.15, -0.1) is 0 Å². The van der Waals surface area contributed by atoms with Crippen LogP contribution in [-0.2, 0) is 12.8 Å². The summed E-state index contributed by atoms with van der Waals surface area (Å²) in [5.74, 6) is -1.28. The van der Waals surface area contributed by atoms with Crippen molar-refractivity contribution in [2.75, 3.05) is 0 Å². The number of nitrogens with zero attached hydrogens (tertiary/aromatic N) is 2. The van der Waals surface area contributed by atoms with Crippen LogP contribution in [0.15, 0.2) is 36.5 Å². The van der Waals surface area contributed by atoms with E-state index in [0.29, 0.717) is 17.1 Å². The molecule has 0 amide bonds. The summed E-state index contributed by atoms with van der Waals surface area (Å²) in [5.41, 5.74) is 1.81. The Bertz CT molecular complexity index is 572. The van der Waals surface area contributed by atoms with E-state index in [4.69, 9.17) is 16.7 Å². The third-order valence-electron chi connectivity index (χ3n) is 2.46. The van der Waals surface area contributed by atoms with Crippen molar-refractivity contribution in [2.45, 2.75) is 12.8 Å². The Morgan fingerprint density at radius 3 is 2.83 bits per heavy atom. The number of carbonyl (C=O) groups is 1. The molecule has 1 N–H and O–H groups in total. The Kier molecular flexibility index (Phi) is 3.89. The first-order chi connectivity index (χ1) is 8.65. The van der Waals surface area contributed by atoms with Crippen LogP contribution in [0.5, 0.6) is 0 Å². The first-order valence-corrected chi connectivity index (χ1v) is 5.82. The number of aromatic carboxylic acids is 1. The molecular formula is C13H11ClN2O2. The molecule has 0 unspecified atom stereocenters. The summed E-state index contributed by atoms with van der Waals surface area (Å²) in [6.45, 7) is 0. The van der Waals surface area contributed by atoms with Gasteiger partial charge in [0.1, 0.15) is 0 Å². The van der Waals surface area contributed by atoms with Crippen molar-refractivity contribution in [1.82, 2.24) is 9.97 Å². The molecule has 0 atom stereocenters. The summed E-state index contributed by atoms with van der Waals surface area (Å²) >= 11 is 5.89. The molecule has 92 valence electrons. The van der Waals surface area contributed by atoms with Crippen LogP contribution in [0.2, 0.25) is 5.02 Å². The van der Waals surface area contributed by atoms with Gasteiger partial charge in [0, 0.05) is 16.9 Å². The number of carboxylic acid groups (broad SMARTS) is 1. The first kappa shape index (κ1) is 12.5. The Morgan fingerprint density at radius 1 is 1.28 bits per heavy atom. The lowest BCUT2D eigenvalue weighted by molar-refractivity contribution is 0.0683. The van der Waals surface area contributed by atoms with E-state index in [1.54, 1.807) is 6.07 Å². The minimum Gasteiger partial charge on any atom is -0.475 e. The average Bonchev–Trinajstić information content (AvgIpc) is 2.37. The third-order valence-corrected chi connectivity index (χ3v) is 2.70. The molecule has 4 nitrogen and oxygen atoms in total. The number of rotatable bonds is 4. The van der Waals surface area contributed by atoms with Gasteiger partial charge in [0.2, 0.25) is 5.82 Å². The predicted octanol–water partition coefficient (Wildman–Crippen LogP) is 2.61. The van der Waals surface area contributed by atoms with Gasteiger partial charge in [-0.25, -0.2) is 14.8 Å². The second kappa shape index (κ2) is 5.60. The van der Waals surface area contributed by atoms with E-state index in [1.807, 2.05) is 24.3 Å². The van der Waals surface area contributed by atoms with Crippen molar-refractivity contribution in [3.05, 3.63) is 58.6 Å². The number of halogens is 1. The molecule has 1 aromatic heterocycles. The third kappa shape index (κ3) is 3.28. The molecule has 0 saturated carbocycles. The molecule has 0 spiro atoms. The molecule has 18 heavy (non-hydrogen) atoms. The van der Waals surface area contributed by atoms with Crippen molar-refractivity contribution in [3.8, 4) is 0 Å². The molecule has 0 radical (unpaired) electrons. The van der Waals surface area contributed by atoms with Gasteiger partial charge in [0.25, 0.3) is 0 Å². The van der Waals surface area contributed by atoms with Crippen LogP contribution in [0.3, 0.4) is 0 Å². The molecular weight excluding hydrogens is 252 g/mol. The SMILES string of the molecule is O=C(O)c1nccc(CCc2cccc(Cl)c2)n1. The van der Waals surface area contributed by atoms with Gasteiger partial charge in [-0.1, -0.05) is 23.7 Å². The highest BCUT2D eigenvalue weighted by molar-refractivity contribution is 6.30. The summed E-state index contributed by atoms with van der Waals surface area (Å²) in [6.07, 6.45) is 2.88. The van der Waals surface area contributed by atoms with E-state index >= 15 is 0 Å². The summed E-state index contributed by atoms with van der Waals surface area (Å²) < 4.78 is 0. The highest BCUT2D eigenvalue weighted by atomic mass is 35.5. The Balaban J connectivity index is 2.06. The first-order valence-electron chi connectivity index (χ1n) is 5.45. The summed E-state index contributed by atoms with van der Waals surface area (Å²) in [6, 6.07) is 9.29. The van der Waals surface area contributed by atoms with E-state index in [1.165, 1.54) is 6.20 Å². The van der Waals surface area contributed by atoms with Crippen LogP contribution in [0.1, 0.15) is 21.9 Å². The zero-order valence-corrected chi connectivity index (χ0v) is 10.3. The lowest BCUT2D eigenvalue weighted by Gasteiger charge is -2.02. The fourth-order valence-electron chi connectivity index (χ4n) is 1.60. The number of hydrogen-bond acceptors (Lipinski definition) is 3. The van der Waals surface area contributed by atoms with Gasteiger partial charge in [0.05, 0.1) is 0 Å². The van der Waals surface area contributed by atoms with Gasteiger partial charge in [-0.3, -0.25) is 0 Å². The molecule has 0 aliphatic heterocycles. The minimum absolute atomic E-state index is 0.168. The molecule has 5 heteroatoms. The molecule has 1 aromatic carbocycles. The van der Waals surface area contributed by atoms with Crippen molar-refractivity contribution in [2.24, 2.45) is 0 Å². The largest absolute Gasteiger partial charge is 0.475 e. The topological polar surface area (TPSA) is 63.1 Å². The van der Waals surface area contributed by atoms with Gasteiger partial charge < -0.3 is 5.11 Å². The fraction of sp³-hybridized carbons (Fsp3) is 0.154. The van der Waals surface area contributed by atoms with Crippen LogP contribution in [0.4, 0.5) is 0 Å². The van der Waals surface area contributed by atoms with Gasteiger partial charge in [-0.05, 0) is 36.6 Å². The van der Waals surface area contributed by atoms with Crippen LogP contribution in [-0.4, -0.2) is 21.0 Å². The average molecular weight is 263 g/mol. The zero-order chi connectivity index (χ0) is 13.0. The van der Waals surface area contributed by atoms with Crippen LogP contribution < -0.4 is 0 Å². The summed E-state index contributed by atoms with van der Waals surface area (Å²) in [4.78, 5) is 18.4. The summed E-state index contributed by atoms with van der Waals surface area (Å²) in [5, 5.41) is 9.48. The van der Waals surface area contributed by atoms with Crippen LogP contribution in [0.25, 0.3) is 0 Å². The molecule has 0 aliphatic rings. The lowest BCUT2D eigenvalue weighted by atomic mass is 10.1. The highest BCUT2D eigenvalue weighted by Gasteiger charge is 2.07. The van der Waals surface area contributed by atoms with Crippen LogP contribution in [0, 0.1) is 0 Å². The maximum Gasteiger partial charge on any atom is 0.373 e. The molecule has 0 bridgehead atoms. The van der Waals surface area contributed by atoms with Gasteiger partial charge in [0.15, 0.2) is 0 Å².